The average Bonchev–Trinajstić information content (AvgIpc) is 2.25. The molecular formula is C12H12N2O2. The number of aromatic nitrogens is 2. The van der Waals surface area contributed by atoms with Crippen LogP contribution in [0.25, 0.3) is 0 Å². The zero-order valence-corrected chi connectivity index (χ0v) is 9.14. The second-order valence-electron chi connectivity index (χ2n) is 3.57. The third-order valence-corrected chi connectivity index (χ3v) is 2.24. The van der Waals surface area contributed by atoms with E-state index >= 15 is 0 Å². The van der Waals surface area contributed by atoms with Crippen LogP contribution in [0.2, 0.25) is 0 Å². The Morgan fingerprint density at radius 3 is 2.81 bits per heavy atom. The summed E-state index contributed by atoms with van der Waals surface area (Å²) in [6.07, 6.45) is 1.65. The second kappa shape index (κ2) is 4.18. The Balaban J connectivity index is 2.31. The van der Waals surface area contributed by atoms with Crippen molar-refractivity contribution >= 4 is 0 Å². The van der Waals surface area contributed by atoms with Crippen LogP contribution in [0.1, 0.15) is 11.1 Å². The van der Waals surface area contributed by atoms with Gasteiger partial charge in [-0.25, -0.2) is 0 Å². The maximum Gasteiger partial charge on any atom is 0.239 e. The Labute approximate surface area is 93.5 Å². The van der Waals surface area contributed by atoms with Gasteiger partial charge in [0.2, 0.25) is 5.88 Å². The van der Waals surface area contributed by atoms with Crippen molar-refractivity contribution in [3.8, 4) is 17.4 Å². The molecule has 82 valence electrons. The first-order valence-corrected chi connectivity index (χ1v) is 4.92. The molecule has 0 aliphatic carbocycles. The summed E-state index contributed by atoms with van der Waals surface area (Å²) in [5, 5.41) is 17.2. The third-order valence-electron chi connectivity index (χ3n) is 2.24. The normalized spacial score (nSPS) is 10.1. The highest BCUT2D eigenvalue weighted by atomic mass is 16.5. The van der Waals surface area contributed by atoms with Gasteiger partial charge >= 0.3 is 0 Å². The van der Waals surface area contributed by atoms with E-state index in [-0.39, 0.29) is 5.75 Å². The molecule has 4 nitrogen and oxygen atoms in total. The molecule has 4 heteroatoms. The fourth-order valence-corrected chi connectivity index (χ4v) is 1.31. The first-order chi connectivity index (χ1) is 7.66. The molecule has 1 aromatic heterocycles. The lowest BCUT2D eigenvalue weighted by Gasteiger charge is -2.08. The van der Waals surface area contributed by atoms with Crippen molar-refractivity contribution in [3.05, 3.63) is 41.6 Å². The van der Waals surface area contributed by atoms with Crippen LogP contribution in [0, 0.1) is 13.8 Å². The summed E-state index contributed by atoms with van der Waals surface area (Å²) in [6, 6.07) is 6.90. The van der Waals surface area contributed by atoms with E-state index in [1.165, 1.54) is 0 Å². The number of aryl methyl sites for hydroxylation is 1. The minimum Gasteiger partial charge on any atom is -0.508 e. The fraction of sp³-hybridized carbons (Fsp3) is 0.167. The number of benzene rings is 1. The number of aromatic hydroxyl groups is 1. The first-order valence-electron chi connectivity index (χ1n) is 4.92. The van der Waals surface area contributed by atoms with Crippen LogP contribution in [0.4, 0.5) is 0 Å². The molecule has 0 spiro atoms. The minimum atomic E-state index is 0.207. The third kappa shape index (κ3) is 2.11. The van der Waals surface area contributed by atoms with Crippen LogP contribution >= 0.6 is 0 Å². The number of phenolic OH excluding ortho intramolecular Hbond substituents is 1. The highest BCUT2D eigenvalue weighted by Crippen LogP contribution is 2.29. The van der Waals surface area contributed by atoms with Crippen LogP contribution < -0.4 is 4.74 Å². The summed E-state index contributed by atoms with van der Waals surface area (Å²) in [5.41, 5.74) is 1.66. The summed E-state index contributed by atoms with van der Waals surface area (Å²) in [4.78, 5) is 0. The van der Waals surface area contributed by atoms with E-state index in [0.717, 1.165) is 5.56 Å². The van der Waals surface area contributed by atoms with Gasteiger partial charge in [-0.2, -0.15) is 5.10 Å². The number of hydrogen-bond acceptors (Lipinski definition) is 4. The Morgan fingerprint density at radius 1 is 1.25 bits per heavy atom. The molecule has 0 bridgehead atoms. The molecule has 0 atom stereocenters. The molecule has 0 saturated carbocycles. The van der Waals surface area contributed by atoms with E-state index in [9.17, 15) is 5.11 Å². The summed E-state index contributed by atoms with van der Waals surface area (Å²) < 4.78 is 5.54. The zero-order valence-electron chi connectivity index (χ0n) is 9.14. The predicted molar refractivity (Wildman–Crippen MR) is 59.7 cm³/mol. The fourth-order valence-electron chi connectivity index (χ4n) is 1.31. The van der Waals surface area contributed by atoms with Crippen molar-refractivity contribution < 1.29 is 9.84 Å². The summed E-state index contributed by atoms with van der Waals surface area (Å²) in [6.45, 7) is 3.70. The summed E-state index contributed by atoms with van der Waals surface area (Å²) in [7, 11) is 0. The van der Waals surface area contributed by atoms with Crippen LogP contribution in [0.3, 0.4) is 0 Å². The molecule has 1 heterocycles. The van der Waals surface area contributed by atoms with Crippen molar-refractivity contribution in [1.29, 1.82) is 0 Å². The van der Waals surface area contributed by atoms with E-state index < -0.39 is 0 Å². The lowest BCUT2D eigenvalue weighted by atomic mass is 10.2. The Kier molecular flexibility index (Phi) is 2.72. The van der Waals surface area contributed by atoms with Crippen molar-refractivity contribution in [1.82, 2.24) is 10.2 Å². The van der Waals surface area contributed by atoms with Gasteiger partial charge in [-0.15, -0.1) is 5.10 Å². The van der Waals surface area contributed by atoms with Crippen molar-refractivity contribution in [2.24, 2.45) is 0 Å². The molecule has 0 amide bonds. The SMILES string of the molecule is Cc1cnnc(Oc2cccc(O)c2C)c1. The van der Waals surface area contributed by atoms with Gasteiger partial charge < -0.3 is 9.84 Å². The molecule has 1 aromatic carbocycles. The number of phenols is 1. The second-order valence-corrected chi connectivity index (χ2v) is 3.57. The summed E-state index contributed by atoms with van der Waals surface area (Å²) >= 11 is 0. The van der Waals surface area contributed by atoms with Gasteiger partial charge in [0.25, 0.3) is 0 Å². The van der Waals surface area contributed by atoms with Crippen LogP contribution in [-0.2, 0) is 0 Å². The maximum absolute atomic E-state index is 9.52. The molecule has 1 N–H and O–H groups in total. The van der Waals surface area contributed by atoms with Gasteiger partial charge in [0, 0.05) is 11.6 Å². The molecule has 2 rings (SSSR count). The molecule has 0 radical (unpaired) electrons. The van der Waals surface area contributed by atoms with Gasteiger partial charge in [-0.1, -0.05) is 6.07 Å². The van der Waals surface area contributed by atoms with Crippen LogP contribution in [0.15, 0.2) is 30.5 Å². The maximum atomic E-state index is 9.52. The molecule has 16 heavy (non-hydrogen) atoms. The molecular weight excluding hydrogens is 204 g/mol. The van der Waals surface area contributed by atoms with Gasteiger partial charge in [-0.05, 0) is 31.5 Å². The topological polar surface area (TPSA) is 55.2 Å². The largest absolute Gasteiger partial charge is 0.508 e. The standard InChI is InChI=1S/C12H12N2O2/c1-8-6-12(14-13-7-8)16-11-5-3-4-10(15)9(11)2/h3-7,15H,1-2H3. The Hall–Kier alpha value is -2.10. The lowest BCUT2D eigenvalue weighted by Crippen LogP contribution is -1.92. The first kappa shape index (κ1) is 10.4. The Bertz CT molecular complexity index is 512. The Morgan fingerprint density at radius 2 is 2.06 bits per heavy atom. The molecule has 0 aliphatic rings. The van der Waals surface area contributed by atoms with Crippen molar-refractivity contribution in [3.63, 3.8) is 0 Å². The molecule has 0 fully saturated rings. The highest BCUT2D eigenvalue weighted by molar-refractivity contribution is 5.44. The van der Waals surface area contributed by atoms with Gasteiger partial charge in [0.15, 0.2) is 0 Å². The van der Waals surface area contributed by atoms with Crippen molar-refractivity contribution in [2.45, 2.75) is 13.8 Å². The highest BCUT2D eigenvalue weighted by Gasteiger charge is 2.05. The van der Waals surface area contributed by atoms with E-state index in [1.807, 2.05) is 6.92 Å². The van der Waals surface area contributed by atoms with Gasteiger partial charge in [-0.3, -0.25) is 0 Å². The molecule has 0 saturated heterocycles. The van der Waals surface area contributed by atoms with Crippen molar-refractivity contribution in [2.75, 3.05) is 0 Å². The monoisotopic (exact) mass is 216 g/mol. The van der Waals surface area contributed by atoms with E-state index in [1.54, 1.807) is 37.4 Å². The van der Waals surface area contributed by atoms with E-state index in [2.05, 4.69) is 10.2 Å². The molecule has 0 unspecified atom stereocenters. The summed E-state index contributed by atoms with van der Waals surface area (Å²) in [5.74, 6) is 1.21. The molecule has 2 aromatic rings. The van der Waals surface area contributed by atoms with E-state index in [0.29, 0.717) is 17.2 Å². The van der Waals surface area contributed by atoms with Gasteiger partial charge in [0.1, 0.15) is 11.5 Å². The average molecular weight is 216 g/mol. The van der Waals surface area contributed by atoms with Gasteiger partial charge in [0.05, 0.1) is 6.20 Å². The lowest BCUT2D eigenvalue weighted by molar-refractivity contribution is 0.434. The minimum absolute atomic E-state index is 0.207. The van der Waals surface area contributed by atoms with E-state index in [4.69, 9.17) is 4.74 Å². The molecule has 0 aliphatic heterocycles. The number of ether oxygens (including phenoxy) is 1. The predicted octanol–water partition coefficient (Wildman–Crippen LogP) is 2.59. The van der Waals surface area contributed by atoms with Crippen LogP contribution in [0.5, 0.6) is 17.4 Å². The van der Waals surface area contributed by atoms with Crippen LogP contribution in [-0.4, -0.2) is 15.3 Å². The zero-order chi connectivity index (χ0) is 11.5. The quantitative estimate of drug-likeness (QED) is 0.838. The number of rotatable bonds is 2. The smallest absolute Gasteiger partial charge is 0.239 e. The number of hydrogen-bond donors (Lipinski definition) is 1. The number of nitrogens with zero attached hydrogens (tertiary/aromatic N) is 2.